The molecule has 0 saturated carbocycles. The molecule has 2 rings (SSSR count). The van der Waals surface area contributed by atoms with Crippen LogP contribution in [-0.4, -0.2) is 31.9 Å². The number of benzene rings is 1. The summed E-state index contributed by atoms with van der Waals surface area (Å²) in [6, 6.07) is 8.05. The third-order valence-electron chi connectivity index (χ3n) is 3.06. The summed E-state index contributed by atoms with van der Waals surface area (Å²) in [4.78, 5) is 3.97. The minimum Gasteiger partial charge on any atom is -0.497 e. The van der Waals surface area contributed by atoms with Gasteiger partial charge in [-0.15, -0.1) is 0 Å². The van der Waals surface area contributed by atoms with Crippen molar-refractivity contribution in [3.8, 4) is 5.75 Å². The Hall–Kier alpha value is -2.12. The van der Waals surface area contributed by atoms with E-state index in [1.807, 2.05) is 0 Å². The molecule has 112 valence electrons. The first-order chi connectivity index (χ1) is 9.95. The van der Waals surface area contributed by atoms with Crippen molar-refractivity contribution in [2.24, 2.45) is 0 Å². The monoisotopic (exact) mass is 307 g/mol. The third kappa shape index (κ3) is 3.32. The van der Waals surface area contributed by atoms with Crippen LogP contribution >= 0.6 is 0 Å². The lowest BCUT2D eigenvalue weighted by Gasteiger charge is -2.18. The Bertz CT molecular complexity index is 717. The lowest BCUT2D eigenvalue weighted by Crippen LogP contribution is -2.27. The van der Waals surface area contributed by atoms with Gasteiger partial charge < -0.3 is 10.5 Å². The molecule has 0 saturated heterocycles. The number of nitrogens with zero attached hydrogens (tertiary/aromatic N) is 2. The van der Waals surface area contributed by atoms with Crippen LogP contribution in [0, 0.1) is 0 Å². The number of ether oxygens (including phenoxy) is 1. The SMILES string of the molecule is COc1ccc(S(=O)(=O)N(C)Cc2ccncc2)c(N)c1. The molecule has 0 aliphatic heterocycles. The van der Waals surface area contributed by atoms with Crippen LogP contribution in [0.25, 0.3) is 0 Å². The fraction of sp³-hybridized carbons (Fsp3) is 0.214. The minimum absolute atomic E-state index is 0.0693. The number of nitrogens with two attached hydrogens (primary N) is 1. The number of aromatic nitrogens is 1. The van der Waals surface area contributed by atoms with Crippen LogP contribution in [0.3, 0.4) is 0 Å². The van der Waals surface area contributed by atoms with Gasteiger partial charge in [-0.1, -0.05) is 0 Å². The highest BCUT2D eigenvalue weighted by molar-refractivity contribution is 7.89. The van der Waals surface area contributed by atoms with Gasteiger partial charge in [-0.25, -0.2) is 8.42 Å². The zero-order valence-electron chi connectivity index (χ0n) is 11.9. The number of methoxy groups -OCH3 is 1. The summed E-state index contributed by atoms with van der Waals surface area (Å²) in [5.41, 5.74) is 6.83. The van der Waals surface area contributed by atoms with E-state index in [0.29, 0.717) is 5.75 Å². The molecule has 7 heteroatoms. The van der Waals surface area contributed by atoms with Crippen LogP contribution in [0.4, 0.5) is 5.69 Å². The molecule has 1 heterocycles. The first-order valence-corrected chi connectivity index (χ1v) is 7.68. The number of pyridine rings is 1. The molecule has 2 aromatic rings. The lowest BCUT2D eigenvalue weighted by atomic mass is 10.3. The molecule has 0 amide bonds. The average Bonchev–Trinajstić information content (AvgIpc) is 2.47. The van der Waals surface area contributed by atoms with Gasteiger partial charge in [0.05, 0.1) is 12.8 Å². The van der Waals surface area contributed by atoms with E-state index in [1.54, 1.807) is 30.6 Å². The van der Waals surface area contributed by atoms with Gasteiger partial charge in [0.1, 0.15) is 10.6 Å². The first-order valence-electron chi connectivity index (χ1n) is 6.24. The Kier molecular flexibility index (Phi) is 4.44. The highest BCUT2D eigenvalue weighted by Gasteiger charge is 2.23. The van der Waals surface area contributed by atoms with Gasteiger partial charge in [-0.3, -0.25) is 4.98 Å². The van der Waals surface area contributed by atoms with E-state index < -0.39 is 10.0 Å². The number of sulfonamides is 1. The predicted octanol–water partition coefficient (Wildman–Crippen LogP) is 1.49. The topological polar surface area (TPSA) is 85.5 Å². The fourth-order valence-corrected chi connectivity index (χ4v) is 3.14. The van der Waals surface area contributed by atoms with Gasteiger partial charge in [-0.2, -0.15) is 4.31 Å². The highest BCUT2D eigenvalue weighted by Crippen LogP contribution is 2.26. The molecule has 0 bridgehead atoms. The summed E-state index contributed by atoms with van der Waals surface area (Å²) in [7, 11) is -0.649. The highest BCUT2D eigenvalue weighted by atomic mass is 32.2. The van der Waals surface area contributed by atoms with Crippen molar-refractivity contribution in [1.29, 1.82) is 0 Å². The Morgan fingerprint density at radius 2 is 1.90 bits per heavy atom. The summed E-state index contributed by atoms with van der Waals surface area (Å²) >= 11 is 0. The molecule has 0 aliphatic rings. The van der Waals surface area contributed by atoms with E-state index in [4.69, 9.17) is 10.5 Å². The van der Waals surface area contributed by atoms with Crippen LogP contribution in [-0.2, 0) is 16.6 Å². The van der Waals surface area contributed by atoms with E-state index in [9.17, 15) is 8.42 Å². The van der Waals surface area contributed by atoms with Crippen molar-refractivity contribution in [2.45, 2.75) is 11.4 Å². The van der Waals surface area contributed by atoms with Crippen molar-refractivity contribution in [2.75, 3.05) is 19.9 Å². The van der Waals surface area contributed by atoms with Crippen LogP contribution in [0.2, 0.25) is 0 Å². The lowest BCUT2D eigenvalue weighted by molar-refractivity contribution is 0.414. The Morgan fingerprint density at radius 3 is 2.48 bits per heavy atom. The molecule has 0 radical (unpaired) electrons. The van der Waals surface area contributed by atoms with E-state index in [2.05, 4.69) is 4.98 Å². The summed E-state index contributed by atoms with van der Waals surface area (Å²) in [5.74, 6) is 0.517. The van der Waals surface area contributed by atoms with Gasteiger partial charge in [0.15, 0.2) is 0 Å². The van der Waals surface area contributed by atoms with Crippen LogP contribution in [0.5, 0.6) is 5.75 Å². The summed E-state index contributed by atoms with van der Waals surface area (Å²) < 4.78 is 31.4. The Labute approximate surface area is 124 Å². The smallest absolute Gasteiger partial charge is 0.245 e. The Balaban J connectivity index is 2.29. The molecule has 0 aliphatic carbocycles. The normalized spacial score (nSPS) is 11.6. The van der Waals surface area contributed by atoms with Gasteiger partial charge in [0.25, 0.3) is 0 Å². The van der Waals surface area contributed by atoms with Crippen molar-refractivity contribution in [3.05, 3.63) is 48.3 Å². The van der Waals surface area contributed by atoms with Crippen molar-refractivity contribution in [3.63, 3.8) is 0 Å². The average molecular weight is 307 g/mol. The molecule has 6 nitrogen and oxygen atoms in total. The van der Waals surface area contributed by atoms with Gasteiger partial charge in [0.2, 0.25) is 10.0 Å². The van der Waals surface area contributed by atoms with E-state index in [-0.39, 0.29) is 17.1 Å². The quantitative estimate of drug-likeness (QED) is 0.846. The predicted molar refractivity (Wildman–Crippen MR) is 80.3 cm³/mol. The largest absolute Gasteiger partial charge is 0.497 e. The Morgan fingerprint density at radius 1 is 1.24 bits per heavy atom. The molecule has 0 fully saturated rings. The maximum Gasteiger partial charge on any atom is 0.245 e. The number of anilines is 1. The summed E-state index contributed by atoms with van der Waals surface area (Å²) in [6.45, 7) is 0.246. The zero-order valence-corrected chi connectivity index (χ0v) is 12.7. The number of rotatable bonds is 5. The maximum atomic E-state index is 12.5. The van der Waals surface area contributed by atoms with Gasteiger partial charge in [0, 0.05) is 32.1 Å². The van der Waals surface area contributed by atoms with E-state index in [0.717, 1.165) is 5.56 Å². The molecular formula is C14H17N3O3S. The van der Waals surface area contributed by atoms with Gasteiger partial charge in [-0.05, 0) is 29.8 Å². The zero-order chi connectivity index (χ0) is 15.5. The summed E-state index contributed by atoms with van der Waals surface area (Å²) in [6.07, 6.45) is 3.25. The number of hydrogen-bond donors (Lipinski definition) is 1. The van der Waals surface area contributed by atoms with Crippen LogP contribution in [0.1, 0.15) is 5.56 Å². The second kappa shape index (κ2) is 6.11. The van der Waals surface area contributed by atoms with E-state index >= 15 is 0 Å². The molecule has 21 heavy (non-hydrogen) atoms. The molecule has 1 aromatic carbocycles. The van der Waals surface area contributed by atoms with Crippen molar-refractivity contribution < 1.29 is 13.2 Å². The molecule has 0 spiro atoms. The molecular weight excluding hydrogens is 290 g/mol. The van der Waals surface area contributed by atoms with Gasteiger partial charge >= 0.3 is 0 Å². The summed E-state index contributed by atoms with van der Waals surface area (Å²) in [5, 5.41) is 0. The third-order valence-corrected chi connectivity index (χ3v) is 4.94. The second-order valence-electron chi connectivity index (χ2n) is 4.52. The number of hydrogen-bond acceptors (Lipinski definition) is 5. The van der Waals surface area contributed by atoms with E-state index in [1.165, 1.54) is 30.6 Å². The number of nitrogen functional groups attached to an aromatic ring is 1. The van der Waals surface area contributed by atoms with Crippen molar-refractivity contribution in [1.82, 2.24) is 9.29 Å². The molecule has 1 aromatic heterocycles. The van der Waals surface area contributed by atoms with Crippen LogP contribution in [0.15, 0.2) is 47.6 Å². The molecule has 0 unspecified atom stereocenters. The fourth-order valence-electron chi connectivity index (χ4n) is 1.89. The molecule has 2 N–H and O–H groups in total. The molecule has 0 atom stereocenters. The maximum absolute atomic E-state index is 12.5. The second-order valence-corrected chi connectivity index (χ2v) is 6.53. The van der Waals surface area contributed by atoms with Crippen LogP contribution < -0.4 is 10.5 Å². The first kappa shape index (κ1) is 15.3. The standard InChI is InChI=1S/C14H17N3O3S/c1-17(10-11-5-7-16-8-6-11)21(18,19)14-4-3-12(20-2)9-13(14)15/h3-9H,10,15H2,1-2H3. The van der Waals surface area contributed by atoms with Crippen molar-refractivity contribution >= 4 is 15.7 Å². The minimum atomic E-state index is -3.66.